The highest BCUT2D eigenvalue weighted by atomic mass is 32.2. The van der Waals surface area contributed by atoms with E-state index in [0.717, 1.165) is 5.56 Å². The van der Waals surface area contributed by atoms with Gasteiger partial charge in [-0.05, 0) is 49.2 Å². The van der Waals surface area contributed by atoms with Gasteiger partial charge in [-0.3, -0.25) is 0 Å². The van der Waals surface area contributed by atoms with Crippen molar-refractivity contribution in [1.82, 2.24) is 4.72 Å². The third-order valence-corrected chi connectivity index (χ3v) is 4.76. The van der Waals surface area contributed by atoms with Crippen LogP contribution >= 0.6 is 0 Å². The molecule has 2 aromatic rings. The topological polar surface area (TPSA) is 68.5 Å². The van der Waals surface area contributed by atoms with E-state index in [9.17, 15) is 8.42 Å². The predicted octanol–water partition coefficient (Wildman–Crippen LogP) is 2.38. The minimum atomic E-state index is -3.58. The summed E-state index contributed by atoms with van der Waals surface area (Å²) in [4.78, 5) is 0.252. The number of ether oxygens (including phenoxy) is 1. The molecule has 0 amide bonds. The molecule has 0 aliphatic heterocycles. The van der Waals surface area contributed by atoms with Crippen LogP contribution in [0.2, 0.25) is 0 Å². The molecule has 1 aromatic heterocycles. The van der Waals surface area contributed by atoms with Crippen LogP contribution in [0.25, 0.3) is 0 Å². The molecule has 2 rings (SSSR count). The van der Waals surface area contributed by atoms with Gasteiger partial charge >= 0.3 is 0 Å². The van der Waals surface area contributed by atoms with Crippen molar-refractivity contribution in [3.8, 4) is 5.75 Å². The van der Waals surface area contributed by atoms with Crippen molar-refractivity contribution in [1.29, 1.82) is 0 Å². The summed E-state index contributed by atoms with van der Waals surface area (Å²) in [5.74, 6) is 1.24. The summed E-state index contributed by atoms with van der Waals surface area (Å²) < 4.78 is 37.4. The van der Waals surface area contributed by atoms with Crippen LogP contribution in [-0.2, 0) is 16.6 Å². The lowest BCUT2D eigenvalue weighted by molar-refractivity contribution is 0.410. The van der Waals surface area contributed by atoms with Crippen LogP contribution in [0.5, 0.6) is 5.75 Å². The summed E-state index contributed by atoms with van der Waals surface area (Å²) in [6.45, 7) is 3.72. The zero-order valence-electron chi connectivity index (χ0n) is 11.6. The van der Waals surface area contributed by atoms with Gasteiger partial charge in [0.2, 0.25) is 10.0 Å². The molecule has 108 valence electrons. The molecule has 0 saturated heterocycles. The molecule has 0 fully saturated rings. The largest absolute Gasteiger partial charge is 0.496 e. The number of hydrogen-bond donors (Lipinski definition) is 1. The Labute approximate surface area is 118 Å². The predicted molar refractivity (Wildman–Crippen MR) is 75.2 cm³/mol. The Kier molecular flexibility index (Phi) is 4.15. The van der Waals surface area contributed by atoms with Crippen LogP contribution in [0, 0.1) is 13.8 Å². The molecule has 0 spiro atoms. The van der Waals surface area contributed by atoms with Crippen LogP contribution in [0.1, 0.15) is 16.9 Å². The third-order valence-electron chi connectivity index (χ3n) is 3.21. The van der Waals surface area contributed by atoms with Crippen molar-refractivity contribution in [2.75, 3.05) is 7.11 Å². The van der Waals surface area contributed by atoms with Gasteiger partial charge in [0.25, 0.3) is 0 Å². The van der Waals surface area contributed by atoms with Crippen molar-refractivity contribution in [3.05, 3.63) is 47.4 Å². The average Bonchev–Trinajstić information content (AvgIpc) is 2.92. The summed E-state index contributed by atoms with van der Waals surface area (Å²) in [5.41, 5.74) is 1.49. The Hall–Kier alpha value is -1.79. The summed E-state index contributed by atoms with van der Waals surface area (Å²) >= 11 is 0. The number of methoxy groups -OCH3 is 1. The molecular formula is C14H17NO4S. The quantitative estimate of drug-likeness (QED) is 0.919. The fraction of sp³-hybridized carbons (Fsp3) is 0.286. The van der Waals surface area contributed by atoms with Crippen molar-refractivity contribution in [2.45, 2.75) is 25.3 Å². The first-order valence-electron chi connectivity index (χ1n) is 6.12. The highest BCUT2D eigenvalue weighted by molar-refractivity contribution is 7.89. The number of sulfonamides is 1. The van der Waals surface area contributed by atoms with Gasteiger partial charge in [-0.1, -0.05) is 0 Å². The van der Waals surface area contributed by atoms with Gasteiger partial charge < -0.3 is 9.15 Å². The van der Waals surface area contributed by atoms with Gasteiger partial charge in [-0.25, -0.2) is 13.1 Å². The monoisotopic (exact) mass is 295 g/mol. The van der Waals surface area contributed by atoms with E-state index in [4.69, 9.17) is 9.15 Å². The Balaban J connectivity index is 2.28. The van der Waals surface area contributed by atoms with Gasteiger partial charge in [0.05, 0.1) is 24.8 Å². The molecule has 1 N–H and O–H groups in total. The normalized spacial score (nSPS) is 11.6. The average molecular weight is 295 g/mol. The van der Waals surface area contributed by atoms with E-state index < -0.39 is 10.0 Å². The second kappa shape index (κ2) is 5.68. The molecule has 0 aliphatic rings. The second-order valence-corrected chi connectivity index (χ2v) is 6.16. The molecular weight excluding hydrogens is 278 g/mol. The van der Waals surface area contributed by atoms with Crippen LogP contribution in [-0.4, -0.2) is 15.5 Å². The van der Waals surface area contributed by atoms with E-state index in [1.165, 1.54) is 6.26 Å². The van der Waals surface area contributed by atoms with Crippen LogP contribution < -0.4 is 9.46 Å². The zero-order valence-corrected chi connectivity index (χ0v) is 12.5. The highest BCUT2D eigenvalue weighted by Crippen LogP contribution is 2.26. The van der Waals surface area contributed by atoms with Gasteiger partial charge in [0.1, 0.15) is 11.5 Å². The second-order valence-electron chi connectivity index (χ2n) is 4.42. The fourth-order valence-corrected chi connectivity index (χ4v) is 3.23. The maximum atomic E-state index is 12.3. The molecule has 1 aromatic carbocycles. The Morgan fingerprint density at radius 3 is 2.55 bits per heavy atom. The van der Waals surface area contributed by atoms with Gasteiger partial charge in [0.15, 0.2) is 0 Å². The van der Waals surface area contributed by atoms with Crippen molar-refractivity contribution < 1.29 is 17.6 Å². The lowest BCUT2D eigenvalue weighted by Crippen LogP contribution is -2.24. The molecule has 20 heavy (non-hydrogen) atoms. The van der Waals surface area contributed by atoms with E-state index in [2.05, 4.69) is 4.72 Å². The lowest BCUT2D eigenvalue weighted by Gasteiger charge is -2.13. The maximum Gasteiger partial charge on any atom is 0.241 e. The van der Waals surface area contributed by atoms with Crippen LogP contribution in [0.3, 0.4) is 0 Å². The van der Waals surface area contributed by atoms with Crippen molar-refractivity contribution in [2.24, 2.45) is 0 Å². The molecule has 0 bridgehead atoms. The first-order valence-corrected chi connectivity index (χ1v) is 7.60. The maximum absolute atomic E-state index is 12.3. The summed E-state index contributed by atoms with van der Waals surface area (Å²) in [7, 11) is -2.02. The zero-order chi connectivity index (χ0) is 14.8. The van der Waals surface area contributed by atoms with E-state index >= 15 is 0 Å². The first-order chi connectivity index (χ1) is 9.45. The number of rotatable bonds is 5. The van der Waals surface area contributed by atoms with Crippen molar-refractivity contribution in [3.63, 3.8) is 0 Å². The van der Waals surface area contributed by atoms with Gasteiger partial charge in [-0.15, -0.1) is 0 Å². The standard InChI is InChI=1S/C14H17NO4S/c1-10-11(2)14(7-6-13(10)18-3)20(16,17)15-9-12-5-4-8-19-12/h4-8,15H,9H2,1-3H3. The van der Waals surface area contributed by atoms with E-state index in [-0.39, 0.29) is 11.4 Å². The Bertz CT molecular complexity index is 690. The first kappa shape index (κ1) is 14.6. The molecule has 0 aliphatic carbocycles. The summed E-state index contributed by atoms with van der Waals surface area (Å²) in [6, 6.07) is 6.64. The smallest absolute Gasteiger partial charge is 0.241 e. The number of furan rings is 1. The van der Waals surface area contributed by atoms with Crippen LogP contribution in [0.4, 0.5) is 0 Å². The minimum absolute atomic E-state index is 0.125. The van der Waals surface area contributed by atoms with Crippen molar-refractivity contribution >= 4 is 10.0 Å². The van der Waals surface area contributed by atoms with Gasteiger partial charge in [0, 0.05) is 0 Å². The molecule has 0 radical (unpaired) electrons. The van der Waals surface area contributed by atoms with Gasteiger partial charge in [-0.2, -0.15) is 0 Å². The number of benzene rings is 1. The molecule has 0 unspecified atom stereocenters. The summed E-state index contributed by atoms with van der Waals surface area (Å²) in [5, 5.41) is 0. The van der Waals surface area contributed by atoms with E-state index in [0.29, 0.717) is 17.1 Å². The number of hydrogen-bond acceptors (Lipinski definition) is 4. The Morgan fingerprint density at radius 2 is 1.95 bits per heavy atom. The fourth-order valence-electron chi connectivity index (χ4n) is 1.94. The van der Waals surface area contributed by atoms with E-state index in [1.807, 2.05) is 6.92 Å². The summed E-state index contributed by atoms with van der Waals surface area (Å²) in [6.07, 6.45) is 1.51. The van der Waals surface area contributed by atoms with E-state index in [1.54, 1.807) is 38.3 Å². The minimum Gasteiger partial charge on any atom is -0.496 e. The molecule has 5 nitrogen and oxygen atoms in total. The molecule has 1 heterocycles. The highest BCUT2D eigenvalue weighted by Gasteiger charge is 2.19. The number of nitrogens with one attached hydrogen (secondary N) is 1. The van der Waals surface area contributed by atoms with Crippen LogP contribution in [0.15, 0.2) is 39.8 Å². The molecule has 6 heteroatoms. The molecule has 0 saturated carbocycles. The Morgan fingerprint density at radius 1 is 1.20 bits per heavy atom. The lowest BCUT2D eigenvalue weighted by atomic mass is 10.1. The third kappa shape index (κ3) is 2.86. The SMILES string of the molecule is COc1ccc(S(=O)(=O)NCc2ccco2)c(C)c1C. The molecule has 0 atom stereocenters.